The number of nitrogens with two attached hydrogens (primary N) is 1. The van der Waals surface area contributed by atoms with Gasteiger partial charge in [0.15, 0.2) is 11.0 Å². The highest BCUT2D eigenvalue weighted by atomic mass is 35.5. The Morgan fingerprint density at radius 2 is 2.03 bits per heavy atom. The summed E-state index contributed by atoms with van der Waals surface area (Å²) in [6.45, 7) is 3.42. The van der Waals surface area contributed by atoms with Gasteiger partial charge in [0.1, 0.15) is 10.8 Å². The maximum absolute atomic E-state index is 13.3. The number of fused-ring (bicyclic) bond motifs is 2. The lowest BCUT2D eigenvalue weighted by atomic mass is 10.1. The standard InChI is InChI=1S/C22H27ClN4O4S/c23-19-20-18(13-16(21(19)28)22(24)29)32(30)26-15-5-4-14-6-9-27(17(14)12-15)8-2-1-3-10-31-11-7-25-20/h4-5,12-13,25-26,28H,1-3,6-11H2,(H2,24,29). The van der Waals surface area contributed by atoms with Crippen molar-refractivity contribution in [3.05, 3.63) is 40.4 Å². The van der Waals surface area contributed by atoms with Crippen LogP contribution in [0.1, 0.15) is 35.2 Å². The van der Waals surface area contributed by atoms with Gasteiger partial charge in [0.2, 0.25) is 0 Å². The van der Waals surface area contributed by atoms with Gasteiger partial charge in [-0.3, -0.25) is 4.79 Å². The number of halogens is 1. The number of benzene rings is 2. The summed E-state index contributed by atoms with van der Waals surface area (Å²) in [5.41, 5.74) is 8.58. The highest BCUT2D eigenvalue weighted by Gasteiger charge is 2.24. The first kappa shape index (κ1) is 22.7. The molecule has 1 unspecified atom stereocenters. The molecule has 0 saturated heterocycles. The summed E-state index contributed by atoms with van der Waals surface area (Å²) >= 11 is 6.33. The lowest BCUT2D eigenvalue weighted by Crippen LogP contribution is -2.21. The molecule has 4 rings (SSSR count). The Balaban J connectivity index is 1.71. The van der Waals surface area contributed by atoms with Crippen LogP contribution in [0.4, 0.5) is 17.1 Å². The molecular weight excluding hydrogens is 452 g/mol. The van der Waals surface area contributed by atoms with Gasteiger partial charge in [-0.05, 0) is 49.4 Å². The Labute approximate surface area is 194 Å². The third-order valence-corrected chi connectivity index (χ3v) is 7.23. The van der Waals surface area contributed by atoms with Crippen molar-refractivity contribution < 1.29 is 18.8 Å². The van der Waals surface area contributed by atoms with Crippen molar-refractivity contribution in [2.45, 2.75) is 30.6 Å². The minimum Gasteiger partial charge on any atom is -0.505 e. The molecule has 2 aromatic rings. The van der Waals surface area contributed by atoms with Crippen LogP contribution in [-0.2, 0) is 22.1 Å². The van der Waals surface area contributed by atoms with E-state index in [4.69, 9.17) is 22.1 Å². The van der Waals surface area contributed by atoms with Crippen LogP contribution in [0.5, 0.6) is 5.75 Å². The SMILES string of the molecule is NC(=O)c1cc2c(c(Cl)c1O)NCCOCCCCCN1CCc3ccc(cc31)NS2=O. The van der Waals surface area contributed by atoms with Crippen LogP contribution in [0, 0.1) is 0 Å². The molecule has 5 N–H and O–H groups in total. The van der Waals surface area contributed by atoms with Crippen molar-refractivity contribution in [2.24, 2.45) is 5.73 Å². The second-order valence-electron chi connectivity index (χ2n) is 7.88. The molecule has 0 saturated carbocycles. The highest BCUT2D eigenvalue weighted by Crippen LogP contribution is 2.39. The number of anilines is 3. The quantitative estimate of drug-likeness (QED) is 0.500. The largest absolute Gasteiger partial charge is 0.505 e. The third-order valence-electron chi connectivity index (χ3n) is 5.72. The van der Waals surface area contributed by atoms with Crippen LogP contribution in [-0.4, -0.2) is 48.1 Å². The monoisotopic (exact) mass is 478 g/mol. The van der Waals surface area contributed by atoms with E-state index in [-0.39, 0.29) is 21.2 Å². The summed E-state index contributed by atoms with van der Waals surface area (Å²) in [4.78, 5) is 14.4. The first-order valence-corrected chi connectivity index (χ1v) is 12.2. The van der Waals surface area contributed by atoms with Gasteiger partial charge in [0.25, 0.3) is 5.91 Å². The Kier molecular flexibility index (Phi) is 7.07. The fraction of sp³-hybridized carbons (Fsp3) is 0.409. The van der Waals surface area contributed by atoms with E-state index in [0.717, 1.165) is 44.5 Å². The minimum atomic E-state index is -1.77. The number of carbonyl (C=O) groups is 1. The molecule has 0 spiro atoms. The van der Waals surface area contributed by atoms with Crippen LogP contribution >= 0.6 is 11.6 Å². The summed E-state index contributed by atoms with van der Waals surface area (Å²) in [6.07, 6.45) is 4.14. The number of rotatable bonds is 1. The maximum Gasteiger partial charge on any atom is 0.252 e. The number of carbonyl (C=O) groups excluding carboxylic acids is 1. The molecule has 2 aromatic carbocycles. The van der Waals surface area contributed by atoms with Gasteiger partial charge in [0.05, 0.1) is 22.8 Å². The van der Waals surface area contributed by atoms with Gasteiger partial charge in [-0.25, -0.2) is 4.21 Å². The smallest absolute Gasteiger partial charge is 0.252 e. The molecule has 0 fully saturated rings. The van der Waals surface area contributed by atoms with Crippen LogP contribution < -0.4 is 20.7 Å². The molecule has 0 radical (unpaired) electrons. The first-order valence-electron chi connectivity index (χ1n) is 10.7. The van der Waals surface area contributed by atoms with Crippen LogP contribution in [0.15, 0.2) is 29.2 Å². The molecule has 2 aliphatic heterocycles. The van der Waals surface area contributed by atoms with E-state index in [1.54, 1.807) is 0 Å². The number of nitrogens with one attached hydrogen (secondary N) is 2. The van der Waals surface area contributed by atoms with Crippen molar-refractivity contribution in [3.8, 4) is 5.75 Å². The maximum atomic E-state index is 13.3. The van der Waals surface area contributed by atoms with Crippen LogP contribution in [0.25, 0.3) is 0 Å². The Bertz CT molecular complexity index is 1050. The number of ether oxygens (including phenoxy) is 1. The average Bonchev–Trinajstić information content (AvgIpc) is 3.16. The molecular formula is C22H27ClN4O4S. The van der Waals surface area contributed by atoms with Crippen molar-refractivity contribution in [1.29, 1.82) is 0 Å². The molecule has 2 heterocycles. The highest BCUT2D eigenvalue weighted by molar-refractivity contribution is 7.86. The second kappa shape index (κ2) is 9.97. The molecule has 2 aliphatic rings. The number of nitrogens with zero attached hydrogens (tertiary/aromatic N) is 1. The number of hydrogen-bond acceptors (Lipinski definition) is 6. The summed E-state index contributed by atoms with van der Waals surface area (Å²) in [7, 11) is -1.77. The van der Waals surface area contributed by atoms with Crippen LogP contribution in [0.2, 0.25) is 5.02 Å². The second-order valence-corrected chi connectivity index (χ2v) is 9.43. The molecule has 1 atom stereocenters. The van der Waals surface area contributed by atoms with Gasteiger partial charge in [-0.2, -0.15) is 0 Å². The topological polar surface area (TPSA) is 117 Å². The van der Waals surface area contributed by atoms with Gasteiger partial charge < -0.3 is 30.5 Å². The van der Waals surface area contributed by atoms with Gasteiger partial charge in [0, 0.05) is 37.6 Å². The Morgan fingerprint density at radius 3 is 2.84 bits per heavy atom. The van der Waals surface area contributed by atoms with Crippen LogP contribution in [0.3, 0.4) is 0 Å². The van der Waals surface area contributed by atoms with Gasteiger partial charge in [-0.15, -0.1) is 0 Å². The molecule has 2 bridgehead atoms. The molecule has 32 heavy (non-hydrogen) atoms. The zero-order chi connectivity index (χ0) is 22.7. The minimum absolute atomic E-state index is 0.107. The molecule has 1 amide bonds. The lowest BCUT2D eigenvalue weighted by molar-refractivity contribution is 0.0997. The normalized spacial score (nSPS) is 19.4. The fourth-order valence-electron chi connectivity index (χ4n) is 4.05. The molecule has 10 heteroatoms. The first-order chi connectivity index (χ1) is 15.5. The predicted octanol–water partition coefficient (Wildman–Crippen LogP) is 3.25. The molecule has 172 valence electrons. The van der Waals surface area contributed by atoms with Crippen molar-refractivity contribution in [2.75, 3.05) is 47.8 Å². The Hall–Kier alpha value is -2.49. The zero-order valence-corrected chi connectivity index (χ0v) is 19.2. The number of phenols is 1. The third kappa shape index (κ3) is 4.79. The summed E-state index contributed by atoms with van der Waals surface area (Å²) in [5, 5.41) is 13.3. The van der Waals surface area contributed by atoms with E-state index in [0.29, 0.717) is 25.4 Å². The fourth-order valence-corrected chi connectivity index (χ4v) is 5.41. The molecule has 0 aromatic heterocycles. The summed E-state index contributed by atoms with van der Waals surface area (Å²) in [6, 6.07) is 7.26. The van der Waals surface area contributed by atoms with Gasteiger partial charge >= 0.3 is 0 Å². The number of hydrogen-bond donors (Lipinski definition) is 4. The number of amides is 1. The van der Waals surface area contributed by atoms with Crippen molar-refractivity contribution in [1.82, 2.24) is 0 Å². The zero-order valence-electron chi connectivity index (χ0n) is 17.7. The van der Waals surface area contributed by atoms with E-state index in [1.807, 2.05) is 12.1 Å². The van der Waals surface area contributed by atoms with Crippen molar-refractivity contribution >= 4 is 45.6 Å². The molecule has 0 aliphatic carbocycles. The van der Waals surface area contributed by atoms with E-state index in [2.05, 4.69) is 21.0 Å². The van der Waals surface area contributed by atoms with E-state index >= 15 is 0 Å². The van der Waals surface area contributed by atoms with Gasteiger partial charge in [-0.1, -0.05) is 17.7 Å². The molecule has 8 nitrogen and oxygen atoms in total. The predicted molar refractivity (Wildman–Crippen MR) is 127 cm³/mol. The van der Waals surface area contributed by atoms with Crippen molar-refractivity contribution in [3.63, 3.8) is 0 Å². The number of aromatic hydroxyl groups is 1. The number of primary amides is 1. The average molecular weight is 479 g/mol. The summed E-state index contributed by atoms with van der Waals surface area (Å²) in [5.74, 6) is -1.30. The van der Waals surface area contributed by atoms with E-state index < -0.39 is 22.6 Å². The Morgan fingerprint density at radius 1 is 1.19 bits per heavy atom. The van der Waals surface area contributed by atoms with E-state index in [9.17, 15) is 14.1 Å². The lowest BCUT2D eigenvalue weighted by Gasteiger charge is -2.20. The van der Waals surface area contributed by atoms with E-state index in [1.165, 1.54) is 11.6 Å². The summed E-state index contributed by atoms with van der Waals surface area (Å²) < 4.78 is 22.0.